The number of nitrogens with one attached hydrogen (secondary N) is 1. The molecule has 0 saturated heterocycles. The first-order valence-electron chi connectivity index (χ1n) is 9.83. The Kier molecular flexibility index (Phi) is 7.73. The standard InChI is InChI=1S/C23H31NO4/c1-6-26-19-14-17(15-20(27-7-2)21(19)28-8-3)22(25)24-16-23(4,5)18-12-10-9-11-13-18/h9-15H,6-8,16H2,1-5H3,(H,24,25). The second-order valence-electron chi connectivity index (χ2n) is 7.03. The summed E-state index contributed by atoms with van der Waals surface area (Å²) in [4.78, 5) is 12.8. The fourth-order valence-electron chi connectivity index (χ4n) is 2.91. The fourth-order valence-corrected chi connectivity index (χ4v) is 2.91. The van der Waals surface area contributed by atoms with Gasteiger partial charge in [-0.2, -0.15) is 0 Å². The molecule has 0 atom stereocenters. The van der Waals surface area contributed by atoms with Crippen LogP contribution in [0.1, 0.15) is 50.5 Å². The molecule has 0 aliphatic carbocycles. The molecule has 28 heavy (non-hydrogen) atoms. The average molecular weight is 386 g/mol. The van der Waals surface area contributed by atoms with Crippen LogP contribution in [0.15, 0.2) is 42.5 Å². The minimum absolute atomic E-state index is 0.172. The highest BCUT2D eigenvalue weighted by Crippen LogP contribution is 2.39. The number of ether oxygens (including phenoxy) is 3. The highest BCUT2D eigenvalue weighted by Gasteiger charge is 2.23. The molecule has 0 bridgehead atoms. The van der Waals surface area contributed by atoms with E-state index >= 15 is 0 Å². The van der Waals surface area contributed by atoms with Crippen LogP contribution in [0.3, 0.4) is 0 Å². The van der Waals surface area contributed by atoms with Crippen molar-refractivity contribution in [2.45, 2.75) is 40.0 Å². The lowest BCUT2D eigenvalue weighted by Crippen LogP contribution is -2.36. The van der Waals surface area contributed by atoms with Gasteiger partial charge < -0.3 is 19.5 Å². The van der Waals surface area contributed by atoms with E-state index in [4.69, 9.17) is 14.2 Å². The van der Waals surface area contributed by atoms with E-state index in [1.54, 1.807) is 12.1 Å². The van der Waals surface area contributed by atoms with Crippen LogP contribution in [-0.4, -0.2) is 32.3 Å². The molecule has 0 aliphatic rings. The summed E-state index contributed by atoms with van der Waals surface area (Å²) in [6.45, 7) is 11.8. The number of hydrogen-bond donors (Lipinski definition) is 1. The maximum absolute atomic E-state index is 12.8. The van der Waals surface area contributed by atoms with Crippen LogP contribution in [0.5, 0.6) is 17.2 Å². The molecule has 0 unspecified atom stereocenters. The number of hydrogen-bond acceptors (Lipinski definition) is 4. The van der Waals surface area contributed by atoms with Gasteiger partial charge in [0, 0.05) is 17.5 Å². The van der Waals surface area contributed by atoms with Crippen molar-refractivity contribution in [2.75, 3.05) is 26.4 Å². The van der Waals surface area contributed by atoms with Crippen LogP contribution in [0.25, 0.3) is 0 Å². The molecular weight excluding hydrogens is 354 g/mol. The third-order valence-corrected chi connectivity index (χ3v) is 4.42. The van der Waals surface area contributed by atoms with Gasteiger partial charge in [-0.15, -0.1) is 0 Å². The monoisotopic (exact) mass is 385 g/mol. The van der Waals surface area contributed by atoms with Crippen LogP contribution in [0, 0.1) is 0 Å². The SMILES string of the molecule is CCOc1cc(C(=O)NCC(C)(C)c2ccccc2)cc(OCC)c1OCC. The summed E-state index contributed by atoms with van der Waals surface area (Å²) in [6.07, 6.45) is 0. The average Bonchev–Trinajstić information content (AvgIpc) is 2.69. The van der Waals surface area contributed by atoms with E-state index in [0.717, 1.165) is 0 Å². The van der Waals surface area contributed by atoms with Gasteiger partial charge in [0.15, 0.2) is 11.5 Å². The smallest absolute Gasteiger partial charge is 0.251 e. The maximum Gasteiger partial charge on any atom is 0.251 e. The molecule has 152 valence electrons. The van der Waals surface area contributed by atoms with Crippen molar-refractivity contribution in [3.05, 3.63) is 53.6 Å². The second kappa shape index (κ2) is 10.0. The minimum atomic E-state index is -0.187. The van der Waals surface area contributed by atoms with Gasteiger partial charge in [-0.05, 0) is 38.5 Å². The molecule has 1 amide bonds. The van der Waals surface area contributed by atoms with E-state index in [9.17, 15) is 4.79 Å². The Bertz CT molecular complexity index is 744. The zero-order valence-corrected chi connectivity index (χ0v) is 17.5. The highest BCUT2D eigenvalue weighted by atomic mass is 16.5. The van der Waals surface area contributed by atoms with Gasteiger partial charge in [0.05, 0.1) is 19.8 Å². The number of carbonyl (C=O) groups excluding carboxylic acids is 1. The summed E-state index contributed by atoms with van der Waals surface area (Å²) in [5, 5.41) is 3.04. The summed E-state index contributed by atoms with van der Waals surface area (Å²) in [7, 11) is 0. The second-order valence-corrected chi connectivity index (χ2v) is 7.03. The van der Waals surface area contributed by atoms with Crippen LogP contribution in [-0.2, 0) is 5.41 Å². The summed E-state index contributed by atoms with van der Waals surface area (Å²) in [6, 6.07) is 13.6. The molecule has 0 aliphatic heterocycles. The molecule has 0 aromatic heterocycles. The van der Waals surface area contributed by atoms with Crippen LogP contribution in [0.4, 0.5) is 0 Å². The van der Waals surface area contributed by atoms with Gasteiger partial charge >= 0.3 is 0 Å². The summed E-state index contributed by atoms with van der Waals surface area (Å²) >= 11 is 0. The van der Waals surface area contributed by atoms with E-state index in [2.05, 4.69) is 31.3 Å². The van der Waals surface area contributed by atoms with Crippen LogP contribution >= 0.6 is 0 Å². The van der Waals surface area contributed by atoms with Gasteiger partial charge in [0.2, 0.25) is 5.75 Å². The molecule has 1 N–H and O–H groups in total. The maximum atomic E-state index is 12.8. The summed E-state index contributed by atoms with van der Waals surface area (Å²) in [5.74, 6) is 1.40. The number of carbonyl (C=O) groups is 1. The topological polar surface area (TPSA) is 56.8 Å². The van der Waals surface area contributed by atoms with Gasteiger partial charge in [0.1, 0.15) is 0 Å². The minimum Gasteiger partial charge on any atom is -0.490 e. The first-order chi connectivity index (χ1) is 13.4. The highest BCUT2D eigenvalue weighted by molar-refractivity contribution is 5.95. The number of amides is 1. The van der Waals surface area contributed by atoms with E-state index in [0.29, 0.717) is 49.2 Å². The first-order valence-corrected chi connectivity index (χ1v) is 9.83. The van der Waals surface area contributed by atoms with E-state index < -0.39 is 0 Å². The summed E-state index contributed by atoms with van der Waals surface area (Å²) < 4.78 is 17.1. The third kappa shape index (κ3) is 5.41. The quantitative estimate of drug-likeness (QED) is 0.650. The van der Waals surface area contributed by atoms with E-state index in [1.165, 1.54) is 5.56 Å². The lowest BCUT2D eigenvalue weighted by molar-refractivity contribution is 0.0944. The van der Waals surface area contributed by atoms with Gasteiger partial charge in [-0.1, -0.05) is 44.2 Å². The molecular formula is C23H31NO4. The van der Waals surface area contributed by atoms with Crippen molar-refractivity contribution in [3.8, 4) is 17.2 Å². The summed E-state index contributed by atoms with van der Waals surface area (Å²) in [5.41, 5.74) is 1.47. The van der Waals surface area contributed by atoms with Crippen LogP contribution < -0.4 is 19.5 Å². The molecule has 0 fully saturated rings. The Morgan fingerprint density at radius 1 is 0.893 bits per heavy atom. The van der Waals surface area contributed by atoms with E-state index in [1.807, 2.05) is 39.0 Å². The van der Waals surface area contributed by atoms with Crippen molar-refractivity contribution in [2.24, 2.45) is 0 Å². The van der Waals surface area contributed by atoms with Crippen molar-refractivity contribution >= 4 is 5.91 Å². The molecule has 2 aromatic carbocycles. The van der Waals surface area contributed by atoms with Gasteiger partial charge in [0.25, 0.3) is 5.91 Å². The number of benzene rings is 2. The first kappa shape index (κ1) is 21.6. The Morgan fingerprint density at radius 3 is 1.93 bits per heavy atom. The molecule has 0 heterocycles. The normalized spacial score (nSPS) is 11.0. The lowest BCUT2D eigenvalue weighted by Gasteiger charge is -2.26. The number of rotatable bonds is 10. The van der Waals surface area contributed by atoms with Gasteiger partial charge in [-0.25, -0.2) is 0 Å². The zero-order chi connectivity index (χ0) is 20.6. The molecule has 5 heteroatoms. The Morgan fingerprint density at radius 2 is 1.43 bits per heavy atom. The fraction of sp³-hybridized carbons (Fsp3) is 0.435. The van der Waals surface area contributed by atoms with E-state index in [-0.39, 0.29) is 11.3 Å². The molecule has 0 saturated carbocycles. The molecule has 2 aromatic rings. The van der Waals surface area contributed by atoms with Crippen molar-refractivity contribution < 1.29 is 19.0 Å². The predicted octanol–water partition coefficient (Wildman–Crippen LogP) is 4.59. The molecule has 2 rings (SSSR count). The zero-order valence-electron chi connectivity index (χ0n) is 17.5. The Labute approximate surface area is 168 Å². The molecule has 5 nitrogen and oxygen atoms in total. The largest absolute Gasteiger partial charge is 0.490 e. The third-order valence-electron chi connectivity index (χ3n) is 4.42. The lowest BCUT2D eigenvalue weighted by atomic mass is 9.84. The Balaban J connectivity index is 2.24. The molecule has 0 radical (unpaired) electrons. The van der Waals surface area contributed by atoms with Crippen molar-refractivity contribution in [1.29, 1.82) is 0 Å². The Hall–Kier alpha value is -2.69. The van der Waals surface area contributed by atoms with Crippen molar-refractivity contribution in [3.63, 3.8) is 0 Å². The molecule has 0 spiro atoms. The predicted molar refractivity (Wildman–Crippen MR) is 112 cm³/mol. The van der Waals surface area contributed by atoms with Crippen molar-refractivity contribution in [1.82, 2.24) is 5.32 Å². The van der Waals surface area contributed by atoms with Gasteiger partial charge in [-0.3, -0.25) is 4.79 Å². The van der Waals surface area contributed by atoms with Crippen LogP contribution in [0.2, 0.25) is 0 Å².